The van der Waals surface area contributed by atoms with Crippen LogP contribution in [0.3, 0.4) is 0 Å². The van der Waals surface area contributed by atoms with Crippen LogP contribution in [0.15, 0.2) is 66.7 Å². The van der Waals surface area contributed by atoms with E-state index in [1.54, 1.807) is 24.3 Å². The van der Waals surface area contributed by atoms with Crippen LogP contribution in [0, 0.1) is 11.6 Å². The SMILES string of the molecule is NC(=O)Nc1ccc([C@H]2C(=O)NC[C@H]2c2c(F)ccc(OCc3ccccc3)c2F)cc1. The first-order valence-corrected chi connectivity index (χ1v) is 10.0. The first kappa shape index (κ1) is 21.3. The zero-order valence-electron chi connectivity index (χ0n) is 17.0. The number of ether oxygens (including phenoxy) is 1. The van der Waals surface area contributed by atoms with Gasteiger partial charge in [0.1, 0.15) is 12.4 Å². The summed E-state index contributed by atoms with van der Waals surface area (Å²) in [5, 5.41) is 5.12. The minimum atomic E-state index is -0.820. The maximum absolute atomic E-state index is 15.3. The number of primary amides is 1. The molecule has 164 valence electrons. The highest BCUT2D eigenvalue weighted by molar-refractivity contribution is 5.89. The van der Waals surface area contributed by atoms with E-state index in [0.29, 0.717) is 11.3 Å². The highest BCUT2D eigenvalue weighted by Gasteiger charge is 2.40. The van der Waals surface area contributed by atoms with Crippen molar-refractivity contribution in [3.63, 3.8) is 0 Å². The lowest BCUT2D eigenvalue weighted by molar-refractivity contribution is -0.120. The molecule has 0 bridgehead atoms. The quantitative estimate of drug-likeness (QED) is 0.544. The number of benzene rings is 3. The van der Waals surface area contributed by atoms with Crippen molar-refractivity contribution in [1.82, 2.24) is 5.32 Å². The van der Waals surface area contributed by atoms with Gasteiger partial charge in [-0.15, -0.1) is 0 Å². The lowest BCUT2D eigenvalue weighted by atomic mass is 9.83. The summed E-state index contributed by atoms with van der Waals surface area (Å²) in [7, 11) is 0. The monoisotopic (exact) mass is 437 g/mol. The normalized spacial score (nSPS) is 17.6. The van der Waals surface area contributed by atoms with Gasteiger partial charge in [0.2, 0.25) is 5.91 Å². The number of anilines is 1. The molecular formula is C24H21F2N3O3. The number of hydrogen-bond acceptors (Lipinski definition) is 3. The zero-order valence-corrected chi connectivity index (χ0v) is 17.0. The molecule has 8 heteroatoms. The predicted octanol–water partition coefficient (Wildman–Crippen LogP) is 4.03. The van der Waals surface area contributed by atoms with Gasteiger partial charge in [0.25, 0.3) is 0 Å². The van der Waals surface area contributed by atoms with Crippen molar-refractivity contribution in [3.05, 3.63) is 95.1 Å². The van der Waals surface area contributed by atoms with Crippen LogP contribution >= 0.6 is 0 Å². The molecule has 3 aromatic rings. The molecule has 3 amide bonds. The molecule has 32 heavy (non-hydrogen) atoms. The van der Waals surface area contributed by atoms with Crippen LogP contribution in [0.5, 0.6) is 5.75 Å². The second-order valence-electron chi connectivity index (χ2n) is 7.49. The van der Waals surface area contributed by atoms with Gasteiger partial charge < -0.3 is 21.1 Å². The summed E-state index contributed by atoms with van der Waals surface area (Å²) in [5.41, 5.74) is 6.77. The molecule has 1 aliphatic rings. The Balaban J connectivity index is 1.62. The van der Waals surface area contributed by atoms with Gasteiger partial charge in [-0.05, 0) is 35.4 Å². The number of nitrogens with one attached hydrogen (secondary N) is 2. The maximum atomic E-state index is 15.3. The van der Waals surface area contributed by atoms with E-state index in [2.05, 4.69) is 10.6 Å². The minimum Gasteiger partial charge on any atom is -0.486 e. The Morgan fingerprint density at radius 3 is 2.47 bits per heavy atom. The third-order valence-electron chi connectivity index (χ3n) is 5.42. The summed E-state index contributed by atoms with van der Waals surface area (Å²) >= 11 is 0. The molecule has 6 nitrogen and oxygen atoms in total. The predicted molar refractivity (Wildman–Crippen MR) is 115 cm³/mol. The van der Waals surface area contributed by atoms with Crippen molar-refractivity contribution < 1.29 is 23.1 Å². The fraction of sp³-hybridized carbons (Fsp3) is 0.167. The van der Waals surface area contributed by atoms with Crippen LogP contribution < -0.4 is 21.1 Å². The second kappa shape index (κ2) is 9.05. The summed E-state index contributed by atoms with van der Waals surface area (Å²) < 4.78 is 35.7. The average Bonchev–Trinajstić information content (AvgIpc) is 3.15. The molecule has 2 atom stereocenters. The molecule has 0 aromatic heterocycles. The highest BCUT2D eigenvalue weighted by Crippen LogP contribution is 2.41. The Morgan fingerprint density at radius 1 is 1.06 bits per heavy atom. The van der Waals surface area contributed by atoms with Crippen molar-refractivity contribution >= 4 is 17.6 Å². The maximum Gasteiger partial charge on any atom is 0.316 e. The zero-order chi connectivity index (χ0) is 22.7. The van der Waals surface area contributed by atoms with E-state index < -0.39 is 29.5 Å². The fourth-order valence-electron chi connectivity index (χ4n) is 3.93. The molecular weight excluding hydrogens is 416 g/mol. The Kier molecular flexibility index (Phi) is 6.02. The molecule has 1 saturated heterocycles. The van der Waals surface area contributed by atoms with Gasteiger partial charge in [0.15, 0.2) is 11.6 Å². The Bertz CT molecular complexity index is 1140. The third-order valence-corrected chi connectivity index (χ3v) is 5.42. The van der Waals surface area contributed by atoms with Crippen molar-refractivity contribution in [1.29, 1.82) is 0 Å². The third kappa shape index (κ3) is 4.39. The van der Waals surface area contributed by atoms with E-state index in [9.17, 15) is 14.0 Å². The minimum absolute atomic E-state index is 0.0793. The summed E-state index contributed by atoms with van der Waals surface area (Å²) in [4.78, 5) is 23.6. The molecule has 0 aliphatic carbocycles. The summed E-state index contributed by atoms with van der Waals surface area (Å²) in [6.45, 7) is 0.212. The van der Waals surface area contributed by atoms with Crippen molar-refractivity contribution in [2.75, 3.05) is 11.9 Å². The number of rotatable bonds is 6. The average molecular weight is 437 g/mol. The Hall–Kier alpha value is -3.94. The van der Waals surface area contributed by atoms with Crippen molar-refractivity contribution in [2.45, 2.75) is 18.4 Å². The van der Waals surface area contributed by atoms with Crippen molar-refractivity contribution in [3.8, 4) is 5.75 Å². The van der Waals surface area contributed by atoms with Gasteiger partial charge in [-0.3, -0.25) is 4.79 Å². The molecule has 0 spiro atoms. The molecule has 0 saturated carbocycles. The van der Waals surface area contributed by atoms with Crippen molar-refractivity contribution in [2.24, 2.45) is 5.73 Å². The smallest absolute Gasteiger partial charge is 0.316 e. The molecule has 0 radical (unpaired) electrons. The van der Waals surface area contributed by atoms with Crippen LogP contribution in [-0.2, 0) is 11.4 Å². The standard InChI is InChI=1S/C24H21F2N3O3/c25-18-10-11-19(32-13-14-4-2-1-3-5-14)22(26)21(18)17-12-28-23(30)20(17)15-6-8-16(9-7-15)29-24(27)31/h1-11,17,20H,12-13H2,(H,28,30)(H3,27,29,31)/t17-,20-/m1/s1. The van der Waals surface area contributed by atoms with Crippen LogP contribution in [0.25, 0.3) is 0 Å². The molecule has 4 rings (SSSR count). The molecule has 4 N–H and O–H groups in total. The van der Waals surface area contributed by atoms with Gasteiger partial charge in [-0.25, -0.2) is 13.6 Å². The second-order valence-corrected chi connectivity index (χ2v) is 7.49. The molecule has 0 unspecified atom stereocenters. The van der Waals surface area contributed by atoms with E-state index in [1.165, 1.54) is 6.07 Å². The van der Waals surface area contributed by atoms with Crippen LogP contribution in [0.2, 0.25) is 0 Å². The fourth-order valence-corrected chi connectivity index (χ4v) is 3.93. The van der Waals surface area contributed by atoms with Gasteiger partial charge in [0, 0.05) is 23.7 Å². The number of halogens is 2. The van der Waals surface area contributed by atoms with Gasteiger partial charge >= 0.3 is 6.03 Å². The first-order valence-electron chi connectivity index (χ1n) is 10.0. The van der Waals surface area contributed by atoms with Gasteiger partial charge in [-0.1, -0.05) is 42.5 Å². The Labute approximate surface area is 183 Å². The van der Waals surface area contributed by atoms with Crippen LogP contribution in [0.4, 0.5) is 19.3 Å². The number of nitrogens with two attached hydrogens (primary N) is 1. The largest absolute Gasteiger partial charge is 0.486 e. The van der Waals surface area contributed by atoms with Crippen LogP contribution in [0.1, 0.15) is 28.5 Å². The van der Waals surface area contributed by atoms with E-state index >= 15 is 4.39 Å². The lowest BCUT2D eigenvalue weighted by Gasteiger charge is -2.20. The van der Waals surface area contributed by atoms with E-state index in [0.717, 1.165) is 11.6 Å². The van der Waals surface area contributed by atoms with Gasteiger partial charge in [0.05, 0.1) is 5.92 Å². The lowest BCUT2D eigenvalue weighted by Crippen LogP contribution is -2.20. The molecule has 3 aromatic carbocycles. The van der Waals surface area contributed by atoms with Crippen LogP contribution in [-0.4, -0.2) is 18.5 Å². The number of carbonyl (C=O) groups is 2. The molecule has 1 fully saturated rings. The summed E-state index contributed by atoms with van der Waals surface area (Å²) in [6.07, 6.45) is 0. The van der Waals surface area contributed by atoms with E-state index in [1.807, 2.05) is 30.3 Å². The summed E-state index contributed by atoms with van der Waals surface area (Å²) in [5.74, 6) is -3.54. The first-order chi connectivity index (χ1) is 15.4. The number of amides is 3. The van der Waals surface area contributed by atoms with Gasteiger partial charge in [-0.2, -0.15) is 0 Å². The Morgan fingerprint density at radius 2 is 1.78 bits per heavy atom. The van der Waals surface area contributed by atoms with E-state index in [-0.39, 0.29) is 30.4 Å². The number of hydrogen-bond donors (Lipinski definition) is 3. The molecule has 1 aliphatic heterocycles. The highest BCUT2D eigenvalue weighted by atomic mass is 19.1. The number of urea groups is 1. The van der Waals surface area contributed by atoms with E-state index in [4.69, 9.17) is 10.5 Å². The topological polar surface area (TPSA) is 93.5 Å². The number of carbonyl (C=O) groups excluding carboxylic acids is 2. The molecule has 1 heterocycles. The summed E-state index contributed by atoms with van der Waals surface area (Å²) in [6, 6.07) is 17.3.